The van der Waals surface area contributed by atoms with Crippen molar-refractivity contribution in [3.05, 3.63) is 83.9 Å². The molecule has 0 unspecified atom stereocenters. The van der Waals surface area contributed by atoms with E-state index in [4.69, 9.17) is 9.47 Å². The van der Waals surface area contributed by atoms with E-state index in [9.17, 15) is 9.59 Å². The predicted octanol–water partition coefficient (Wildman–Crippen LogP) is 4.10. The average Bonchev–Trinajstić information content (AvgIpc) is 2.95. The number of carbonyl (C=O) groups is 2. The molecule has 0 radical (unpaired) electrons. The Balaban J connectivity index is 1.31. The van der Waals surface area contributed by atoms with Crippen LogP contribution in [0.4, 0.5) is 0 Å². The lowest BCUT2D eigenvalue weighted by Gasteiger charge is -2.36. The fourth-order valence-corrected chi connectivity index (χ4v) is 4.45. The fraction of sp³-hybridized carbons (Fsp3) is 0.308. The van der Waals surface area contributed by atoms with E-state index in [1.807, 2.05) is 60.7 Å². The summed E-state index contributed by atoms with van der Waals surface area (Å²) in [5.74, 6) is -0.675. The molecular weight excluding hydrogens is 390 g/mol. The molecule has 2 heterocycles. The monoisotopic (exact) mass is 417 g/mol. The van der Waals surface area contributed by atoms with E-state index in [2.05, 4.69) is 11.9 Å². The number of nitrogens with zero attached hydrogens (tertiary/aromatic N) is 1. The van der Waals surface area contributed by atoms with Gasteiger partial charge in [-0.15, -0.1) is 0 Å². The van der Waals surface area contributed by atoms with E-state index in [1.165, 1.54) is 12.2 Å². The van der Waals surface area contributed by atoms with Gasteiger partial charge in [0.25, 0.3) is 0 Å². The lowest BCUT2D eigenvalue weighted by Crippen LogP contribution is -2.45. The van der Waals surface area contributed by atoms with Crippen LogP contribution in [0.25, 0.3) is 12.2 Å². The van der Waals surface area contributed by atoms with E-state index in [0.29, 0.717) is 6.42 Å². The topological polar surface area (TPSA) is 55.8 Å². The van der Waals surface area contributed by atoms with Gasteiger partial charge in [0.15, 0.2) is 0 Å². The molecule has 0 aromatic heterocycles. The number of esters is 2. The van der Waals surface area contributed by atoms with E-state index < -0.39 is 0 Å². The normalized spacial score (nSPS) is 25.7. The van der Waals surface area contributed by atoms with Crippen LogP contribution in [0.3, 0.4) is 0 Å². The summed E-state index contributed by atoms with van der Waals surface area (Å²) < 4.78 is 11.4. The summed E-state index contributed by atoms with van der Waals surface area (Å²) in [6.07, 6.45) is 8.30. The molecule has 2 aliphatic heterocycles. The van der Waals surface area contributed by atoms with Gasteiger partial charge >= 0.3 is 11.9 Å². The average molecular weight is 418 g/mol. The van der Waals surface area contributed by atoms with Gasteiger partial charge in [0.1, 0.15) is 12.2 Å². The molecule has 0 aliphatic carbocycles. The van der Waals surface area contributed by atoms with Crippen molar-refractivity contribution in [2.24, 2.45) is 0 Å². The molecule has 31 heavy (non-hydrogen) atoms. The zero-order valence-corrected chi connectivity index (χ0v) is 17.6. The summed E-state index contributed by atoms with van der Waals surface area (Å²) in [6.45, 7) is 0. The van der Waals surface area contributed by atoms with Crippen LogP contribution in [0.2, 0.25) is 0 Å². The highest BCUT2D eigenvalue weighted by Gasteiger charge is 2.47. The van der Waals surface area contributed by atoms with Crippen LogP contribution in [-0.4, -0.2) is 48.2 Å². The third kappa shape index (κ3) is 5.50. The molecule has 4 atom stereocenters. The summed E-state index contributed by atoms with van der Waals surface area (Å²) in [4.78, 5) is 26.8. The Bertz CT molecular complexity index is 952. The van der Waals surface area contributed by atoms with E-state index in [-0.39, 0.29) is 36.2 Å². The van der Waals surface area contributed by atoms with E-state index in [0.717, 1.165) is 24.0 Å². The highest BCUT2D eigenvalue weighted by atomic mass is 16.6. The first kappa shape index (κ1) is 21.1. The smallest absolute Gasteiger partial charge is 0.331 e. The van der Waals surface area contributed by atoms with Gasteiger partial charge in [0, 0.05) is 37.5 Å². The van der Waals surface area contributed by atoms with Crippen LogP contribution in [0, 0.1) is 0 Å². The van der Waals surface area contributed by atoms with Crippen molar-refractivity contribution in [3.63, 3.8) is 0 Å². The van der Waals surface area contributed by atoms with Gasteiger partial charge in [-0.3, -0.25) is 4.90 Å². The summed E-state index contributed by atoms with van der Waals surface area (Å²) in [7, 11) is 2.05. The fourth-order valence-electron chi connectivity index (χ4n) is 4.45. The Morgan fingerprint density at radius 2 is 1.35 bits per heavy atom. The van der Waals surface area contributed by atoms with Crippen LogP contribution < -0.4 is 0 Å². The van der Waals surface area contributed by atoms with Crippen molar-refractivity contribution in [2.45, 2.75) is 43.6 Å². The third-order valence-electron chi connectivity index (χ3n) is 6.05. The lowest BCUT2D eigenvalue weighted by atomic mass is 10.0. The Labute approximate surface area is 183 Å². The van der Waals surface area contributed by atoms with Gasteiger partial charge < -0.3 is 9.47 Å². The molecule has 2 bridgehead atoms. The standard InChI is InChI=1S/C26H27NO4/c1-27-21-16-22(30-25(28)14-12-19-8-4-2-5-9-19)18-23(27)24(17-21)31-26(29)15-13-20-10-6-3-7-11-20/h2-15,21-24H,16-18H2,1H3/t21-,22-,23+,24-/m1/s1. The Morgan fingerprint density at radius 3 is 1.94 bits per heavy atom. The number of likely N-dealkylation sites (N-methyl/N-ethyl adjacent to an activating group) is 1. The van der Waals surface area contributed by atoms with Crippen molar-refractivity contribution in [1.29, 1.82) is 0 Å². The highest BCUT2D eigenvalue weighted by Crippen LogP contribution is 2.37. The first-order valence-corrected chi connectivity index (χ1v) is 10.7. The van der Waals surface area contributed by atoms with Crippen LogP contribution >= 0.6 is 0 Å². The number of hydrogen-bond donors (Lipinski definition) is 0. The van der Waals surface area contributed by atoms with Gasteiger partial charge in [-0.2, -0.15) is 0 Å². The first-order valence-electron chi connectivity index (χ1n) is 10.7. The highest BCUT2D eigenvalue weighted by molar-refractivity contribution is 5.87. The lowest BCUT2D eigenvalue weighted by molar-refractivity contribution is -0.149. The molecule has 5 heteroatoms. The Hall–Kier alpha value is -3.18. The molecular formula is C26H27NO4. The molecule has 0 N–H and O–H groups in total. The molecule has 2 aromatic rings. The SMILES string of the molecule is CN1[C@@H]2C[C@@H](OC(=O)C=Cc3ccccc3)C[C@H]1[C@H](OC(=O)C=Cc1ccccc1)C2. The minimum Gasteiger partial charge on any atom is -0.459 e. The van der Waals surface area contributed by atoms with Crippen molar-refractivity contribution >= 4 is 24.1 Å². The van der Waals surface area contributed by atoms with Crippen molar-refractivity contribution < 1.29 is 19.1 Å². The minimum absolute atomic E-state index is 0.0590. The van der Waals surface area contributed by atoms with Gasteiger partial charge in [0.05, 0.1) is 6.04 Å². The molecule has 0 saturated carbocycles. The predicted molar refractivity (Wildman–Crippen MR) is 120 cm³/mol. The first-order chi connectivity index (χ1) is 15.1. The molecule has 2 aromatic carbocycles. The van der Waals surface area contributed by atoms with Gasteiger partial charge in [-0.05, 0) is 30.3 Å². The number of hydrogen-bond acceptors (Lipinski definition) is 5. The second-order valence-electron chi connectivity index (χ2n) is 8.12. The molecule has 4 rings (SSSR count). The summed E-state index contributed by atoms with van der Waals surface area (Å²) in [6, 6.07) is 19.6. The molecule has 0 amide bonds. The molecule has 5 nitrogen and oxygen atoms in total. The van der Waals surface area contributed by atoms with Crippen LogP contribution in [0.1, 0.15) is 30.4 Å². The summed E-state index contributed by atoms with van der Waals surface area (Å²) >= 11 is 0. The van der Waals surface area contributed by atoms with Gasteiger partial charge in [-0.1, -0.05) is 60.7 Å². The molecule has 2 fully saturated rings. The largest absolute Gasteiger partial charge is 0.459 e. The number of rotatable bonds is 6. The zero-order chi connectivity index (χ0) is 21.6. The number of benzene rings is 2. The molecule has 2 saturated heterocycles. The number of fused-ring (bicyclic) bond motifs is 2. The second kappa shape index (κ2) is 9.75. The maximum atomic E-state index is 12.3. The van der Waals surface area contributed by atoms with Gasteiger partial charge in [0.2, 0.25) is 0 Å². The number of carbonyl (C=O) groups excluding carboxylic acids is 2. The van der Waals surface area contributed by atoms with E-state index in [1.54, 1.807) is 12.2 Å². The quantitative estimate of drug-likeness (QED) is 0.523. The summed E-state index contributed by atoms with van der Waals surface area (Å²) in [5, 5.41) is 0. The van der Waals surface area contributed by atoms with Crippen LogP contribution in [0.15, 0.2) is 72.8 Å². The Kier molecular flexibility index (Phi) is 6.63. The van der Waals surface area contributed by atoms with Crippen molar-refractivity contribution in [2.75, 3.05) is 7.05 Å². The minimum atomic E-state index is -0.339. The van der Waals surface area contributed by atoms with Crippen LogP contribution in [-0.2, 0) is 19.1 Å². The molecule has 160 valence electrons. The second-order valence-corrected chi connectivity index (χ2v) is 8.12. The number of piperidine rings is 1. The molecule has 2 aliphatic rings. The van der Waals surface area contributed by atoms with E-state index >= 15 is 0 Å². The zero-order valence-electron chi connectivity index (χ0n) is 17.6. The maximum Gasteiger partial charge on any atom is 0.331 e. The summed E-state index contributed by atoms with van der Waals surface area (Å²) in [5.41, 5.74) is 1.91. The maximum absolute atomic E-state index is 12.3. The Morgan fingerprint density at radius 1 is 0.806 bits per heavy atom. The third-order valence-corrected chi connectivity index (χ3v) is 6.05. The van der Waals surface area contributed by atoms with Gasteiger partial charge in [-0.25, -0.2) is 9.59 Å². The molecule has 0 spiro atoms. The number of ether oxygens (including phenoxy) is 2. The van der Waals surface area contributed by atoms with Crippen molar-refractivity contribution in [3.8, 4) is 0 Å². The van der Waals surface area contributed by atoms with Crippen molar-refractivity contribution in [1.82, 2.24) is 4.90 Å². The van der Waals surface area contributed by atoms with Crippen LogP contribution in [0.5, 0.6) is 0 Å².